The fourth-order valence-corrected chi connectivity index (χ4v) is 8.02. The summed E-state index contributed by atoms with van der Waals surface area (Å²) in [5.41, 5.74) is 0. The quantitative estimate of drug-likeness (QED) is 0.0195. The van der Waals surface area contributed by atoms with E-state index < -0.39 is 24.3 Å². The number of allylic oxidation sites excluding steroid dienone is 28. The van der Waals surface area contributed by atoms with E-state index in [-0.39, 0.29) is 38.6 Å². The molecule has 0 aromatic heterocycles. The number of carboxylic acid groups (broad SMARTS) is 1. The Balaban J connectivity index is 4.31. The fourth-order valence-electron chi connectivity index (χ4n) is 8.02. The summed E-state index contributed by atoms with van der Waals surface area (Å²) in [6.07, 6.45) is 91.3. The van der Waals surface area contributed by atoms with Crippen molar-refractivity contribution in [3.8, 4) is 0 Å². The molecule has 0 aliphatic rings. The van der Waals surface area contributed by atoms with Gasteiger partial charge in [0.25, 0.3) is 0 Å². The van der Waals surface area contributed by atoms with E-state index in [1.165, 1.54) is 57.8 Å². The van der Waals surface area contributed by atoms with Gasteiger partial charge in [0.1, 0.15) is 13.2 Å². The lowest BCUT2D eigenvalue weighted by Gasteiger charge is -2.26. The summed E-state index contributed by atoms with van der Waals surface area (Å²) in [7, 11) is 5.89. The number of esters is 2. The normalized spacial score (nSPS) is 13.9. The van der Waals surface area contributed by atoms with Crippen molar-refractivity contribution in [1.82, 2.24) is 0 Å². The summed E-state index contributed by atoms with van der Waals surface area (Å²) in [5, 5.41) is 11.8. The van der Waals surface area contributed by atoms with E-state index in [1.807, 2.05) is 21.1 Å². The van der Waals surface area contributed by atoms with Crippen molar-refractivity contribution in [3.63, 3.8) is 0 Å². The molecule has 0 amide bonds. The summed E-state index contributed by atoms with van der Waals surface area (Å²) in [5.74, 6) is -2.37. The maximum Gasteiger partial charge on any atom is 0.306 e. The number of rotatable bonds is 57. The Kier molecular flexibility index (Phi) is 58.6. The number of aliphatic carboxylic acids is 1. The zero-order chi connectivity index (χ0) is 60.5. The Hall–Kier alpha value is -5.35. The highest BCUT2D eigenvalue weighted by Crippen LogP contribution is 2.14. The Morgan fingerprint density at radius 2 is 0.687 bits per heavy atom. The van der Waals surface area contributed by atoms with Gasteiger partial charge in [-0.3, -0.25) is 9.59 Å². The Morgan fingerprint density at radius 1 is 0.373 bits per heavy atom. The van der Waals surface area contributed by atoms with E-state index in [0.29, 0.717) is 17.4 Å². The van der Waals surface area contributed by atoms with Crippen LogP contribution in [-0.4, -0.2) is 82.3 Å². The zero-order valence-corrected chi connectivity index (χ0v) is 53.0. The summed E-state index contributed by atoms with van der Waals surface area (Å²) >= 11 is 0. The van der Waals surface area contributed by atoms with Crippen molar-refractivity contribution >= 4 is 17.9 Å². The molecule has 2 unspecified atom stereocenters. The maximum absolute atomic E-state index is 12.9. The molecule has 0 aromatic rings. The van der Waals surface area contributed by atoms with Crippen molar-refractivity contribution in [2.75, 3.05) is 47.5 Å². The molecule has 9 nitrogen and oxygen atoms in total. The van der Waals surface area contributed by atoms with E-state index in [1.54, 1.807) is 0 Å². The second-order valence-electron chi connectivity index (χ2n) is 22.0. The molecule has 83 heavy (non-hydrogen) atoms. The van der Waals surface area contributed by atoms with Crippen molar-refractivity contribution in [2.24, 2.45) is 0 Å². The Bertz CT molecular complexity index is 1960. The van der Waals surface area contributed by atoms with Crippen LogP contribution in [0.5, 0.6) is 0 Å². The molecule has 2 atom stereocenters. The van der Waals surface area contributed by atoms with Gasteiger partial charge in [0.2, 0.25) is 0 Å². The largest absolute Gasteiger partial charge is 0.545 e. The first-order valence-electron chi connectivity index (χ1n) is 32.3. The van der Waals surface area contributed by atoms with Gasteiger partial charge in [0, 0.05) is 12.8 Å². The minimum absolute atomic E-state index is 0.129. The summed E-state index contributed by atoms with van der Waals surface area (Å²) in [4.78, 5) is 37.3. The highest BCUT2D eigenvalue weighted by molar-refractivity contribution is 5.70. The fraction of sp³-hybridized carbons (Fsp3) is 0.581. The first-order valence-corrected chi connectivity index (χ1v) is 32.3. The minimum Gasteiger partial charge on any atom is -0.545 e. The average molecular weight is 1150 g/mol. The van der Waals surface area contributed by atoms with Crippen LogP contribution in [0.15, 0.2) is 170 Å². The second-order valence-corrected chi connectivity index (χ2v) is 22.0. The van der Waals surface area contributed by atoms with Crippen LogP contribution in [0.3, 0.4) is 0 Å². The Labute approximate surface area is 507 Å². The molecule has 466 valence electrons. The number of nitrogens with zero attached hydrogens (tertiary/aromatic N) is 1. The molecule has 0 saturated carbocycles. The van der Waals surface area contributed by atoms with Crippen LogP contribution in [0.25, 0.3) is 0 Å². The van der Waals surface area contributed by atoms with Gasteiger partial charge in [-0.25, -0.2) is 0 Å². The molecule has 0 aromatic carbocycles. The molecule has 0 radical (unpaired) electrons. The van der Waals surface area contributed by atoms with Crippen LogP contribution >= 0.6 is 0 Å². The summed E-state index contributed by atoms with van der Waals surface area (Å²) in [6.45, 7) is 4.53. The molecule has 0 aliphatic carbocycles. The average Bonchev–Trinajstić information content (AvgIpc) is 3.46. The van der Waals surface area contributed by atoms with E-state index in [9.17, 15) is 19.5 Å². The number of unbranched alkanes of at least 4 members (excludes halogenated alkanes) is 14. The van der Waals surface area contributed by atoms with Crippen LogP contribution in [0.4, 0.5) is 0 Å². The van der Waals surface area contributed by atoms with Crippen molar-refractivity contribution in [1.29, 1.82) is 0 Å². The molecule has 0 saturated heterocycles. The van der Waals surface area contributed by atoms with Crippen molar-refractivity contribution in [3.05, 3.63) is 170 Å². The molecule has 0 bridgehead atoms. The highest BCUT2D eigenvalue weighted by atomic mass is 16.7. The van der Waals surface area contributed by atoms with Crippen molar-refractivity contribution < 1.29 is 42.9 Å². The summed E-state index contributed by atoms with van der Waals surface area (Å²) in [6, 6.07) is 0. The third-order valence-electron chi connectivity index (χ3n) is 12.9. The zero-order valence-electron chi connectivity index (χ0n) is 53.0. The van der Waals surface area contributed by atoms with E-state index in [2.05, 4.69) is 184 Å². The number of quaternary nitrogens is 1. The van der Waals surface area contributed by atoms with Crippen LogP contribution in [0.1, 0.15) is 219 Å². The topological polar surface area (TPSA) is 111 Å². The molecule has 0 heterocycles. The lowest BCUT2D eigenvalue weighted by Crippen LogP contribution is -2.44. The number of carbonyl (C=O) groups excluding carboxylic acids is 3. The van der Waals surface area contributed by atoms with E-state index in [0.717, 1.165) is 128 Å². The van der Waals surface area contributed by atoms with Crippen LogP contribution < -0.4 is 5.11 Å². The van der Waals surface area contributed by atoms with Gasteiger partial charge in [-0.2, -0.15) is 0 Å². The first-order chi connectivity index (χ1) is 40.6. The monoisotopic (exact) mass is 1150 g/mol. The predicted molar refractivity (Wildman–Crippen MR) is 351 cm³/mol. The predicted octanol–water partition coefficient (Wildman–Crippen LogP) is 18.6. The maximum atomic E-state index is 12.9. The molecule has 0 fully saturated rings. The van der Waals surface area contributed by atoms with Gasteiger partial charge >= 0.3 is 11.9 Å². The molecular weight excluding hydrogens is 1030 g/mol. The SMILES string of the molecule is CC/C=C\C/C=C\C/C=C\C/C=C\C/C=C\C/C=C\C/C=C\C/C=C\C/C=C\C/C=C\C/C=C\C/C=C\CCCCC(=O)OC(COC(=O)CCCCCCCCCCC/C=C\C/C=C\CCCCC)COC(OCC[N+](C)(C)C)C(=O)[O-]. The van der Waals surface area contributed by atoms with Gasteiger partial charge in [-0.05, 0) is 135 Å². The third kappa shape index (κ3) is 64.1. The Morgan fingerprint density at radius 3 is 1.05 bits per heavy atom. The summed E-state index contributed by atoms with van der Waals surface area (Å²) < 4.78 is 22.7. The lowest BCUT2D eigenvalue weighted by atomic mass is 10.1. The van der Waals surface area contributed by atoms with Gasteiger partial charge in [-0.15, -0.1) is 0 Å². The smallest absolute Gasteiger partial charge is 0.306 e. The van der Waals surface area contributed by atoms with Gasteiger partial charge < -0.3 is 33.3 Å². The number of carboxylic acids is 1. The molecule has 0 aliphatic heterocycles. The van der Waals surface area contributed by atoms with Crippen LogP contribution in [-0.2, 0) is 33.3 Å². The van der Waals surface area contributed by atoms with Gasteiger partial charge in [-0.1, -0.05) is 242 Å². The first kappa shape index (κ1) is 77.7. The number of hydrogen-bond acceptors (Lipinski definition) is 8. The number of carbonyl (C=O) groups is 3. The standard InChI is InChI=1S/C74H117NO8/c1-6-8-10-12-14-16-18-20-22-24-26-27-28-29-30-31-32-33-34-35-36-37-38-39-40-41-42-43-44-45-47-49-51-53-55-57-59-61-63-65-72(77)83-70(69-82-74(73(78)79)80-67-66-75(3,4)5)68-81-71(76)64-62-60-58-56-54-52-50-48-46-25-23-21-19-17-15-13-11-9-7-2/h8,10,14-17,20-23,26-27,29-30,32-33,35-36,38-39,41-42,44-45,49,51,55,57,70,74H,6-7,9,11-13,18-19,24-25,28,31,34,37,40,43,46-48,50,52-54,56,58-69H2,1-5H3/b10-8-,16-14-,17-15-,22-20-,23-21-,27-26-,30-29-,33-32-,36-35-,39-38-,42-41-,45-44-,51-49-,57-55-. The lowest BCUT2D eigenvalue weighted by molar-refractivity contribution is -0.870. The molecular formula is C74H117NO8. The molecule has 0 rings (SSSR count). The molecule has 0 N–H and O–H groups in total. The minimum atomic E-state index is -1.65. The van der Waals surface area contributed by atoms with E-state index >= 15 is 0 Å². The van der Waals surface area contributed by atoms with Gasteiger partial charge in [0.15, 0.2) is 12.4 Å². The molecule has 9 heteroatoms. The van der Waals surface area contributed by atoms with E-state index in [4.69, 9.17) is 18.9 Å². The van der Waals surface area contributed by atoms with Crippen molar-refractivity contribution in [2.45, 2.75) is 232 Å². The second kappa shape index (κ2) is 62.7. The van der Waals surface area contributed by atoms with Gasteiger partial charge in [0.05, 0.1) is 40.3 Å². The molecule has 0 spiro atoms. The van der Waals surface area contributed by atoms with Crippen LogP contribution in [0.2, 0.25) is 0 Å². The number of likely N-dealkylation sites (N-methyl/N-ethyl adjacent to an activating group) is 1. The van der Waals surface area contributed by atoms with Crippen LogP contribution in [0, 0.1) is 0 Å². The third-order valence-corrected chi connectivity index (χ3v) is 12.9. The highest BCUT2D eigenvalue weighted by Gasteiger charge is 2.22. The number of ether oxygens (including phenoxy) is 4. The number of hydrogen-bond donors (Lipinski definition) is 0.